The molecule has 2 aromatic rings. The molecule has 0 bridgehead atoms. The number of hydrogen-bond acceptors (Lipinski definition) is 3. The first-order valence-corrected chi connectivity index (χ1v) is 6.96. The van der Waals surface area contributed by atoms with E-state index in [1.54, 1.807) is 12.3 Å². The Kier molecular flexibility index (Phi) is 4.85. The minimum Gasteiger partial charge on any atom is -0.370 e. The van der Waals surface area contributed by atoms with Gasteiger partial charge in [-0.3, -0.25) is 4.79 Å². The van der Waals surface area contributed by atoms with Crippen molar-refractivity contribution in [2.75, 3.05) is 17.2 Å². The molecule has 0 spiro atoms. The molecule has 2 N–H and O–H groups in total. The Morgan fingerprint density at radius 2 is 2.10 bits per heavy atom. The lowest BCUT2D eigenvalue weighted by Gasteiger charge is -2.11. The van der Waals surface area contributed by atoms with E-state index >= 15 is 0 Å². The Hall–Kier alpha value is -2.02. The largest absolute Gasteiger partial charge is 0.370 e. The second-order valence-corrected chi connectivity index (χ2v) is 5.07. The van der Waals surface area contributed by atoms with Crippen molar-refractivity contribution in [2.24, 2.45) is 0 Å². The summed E-state index contributed by atoms with van der Waals surface area (Å²) in [7, 11) is 0. The van der Waals surface area contributed by atoms with Crippen molar-refractivity contribution in [3.05, 3.63) is 52.1 Å². The molecule has 1 aromatic carbocycles. The van der Waals surface area contributed by atoms with Gasteiger partial charge in [-0.25, -0.2) is 13.8 Å². The van der Waals surface area contributed by atoms with Gasteiger partial charge in [0, 0.05) is 23.3 Å². The quantitative estimate of drug-likeness (QED) is 0.876. The van der Waals surface area contributed by atoms with E-state index in [0.29, 0.717) is 22.9 Å². The zero-order valence-corrected chi connectivity index (χ0v) is 12.7. The number of benzene rings is 1. The second kappa shape index (κ2) is 6.62. The molecule has 0 fully saturated rings. The SMILES string of the molecule is CCNc1ncc(Br)cc1C(=O)Nc1ccc(F)cc1F. The first-order valence-electron chi connectivity index (χ1n) is 6.17. The maximum atomic E-state index is 13.6. The van der Waals surface area contributed by atoms with Gasteiger partial charge in [0.05, 0.1) is 11.3 Å². The summed E-state index contributed by atoms with van der Waals surface area (Å²) in [5, 5.41) is 5.35. The highest BCUT2D eigenvalue weighted by molar-refractivity contribution is 9.10. The van der Waals surface area contributed by atoms with Crippen molar-refractivity contribution in [1.82, 2.24) is 4.98 Å². The van der Waals surface area contributed by atoms with E-state index in [2.05, 4.69) is 31.5 Å². The van der Waals surface area contributed by atoms with Gasteiger partial charge in [-0.05, 0) is 41.1 Å². The Morgan fingerprint density at radius 1 is 1.33 bits per heavy atom. The number of rotatable bonds is 4. The minimum atomic E-state index is -0.837. The van der Waals surface area contributed by atoms with Crippen LogP contribution in [0.4, 0.5) is 20.3 Å². The van der Waals surface area contributed by atoms with Crippen molar-refractivity contribution in [1.29, 1.82) is 0 Å². The average Bonchev–Trinajstić information content (AvgIpc) is 2.44. The summed E-state index contributed by atoms with van der Waals surface area (Å²) in [4.78, 5) is 16.3. The maximum Gasteiger partial charge on any atom is 0.259 e. The fourth-order valence-corrected chi connectivity index (χ4v) is 2.03. The summed E-state index contributed by atoms with van der Waals surface area (Å²) >= 11 is 3.23. The van der Waals surface area contributed by atoms with Crippen molar-refractivity contribution in [3.63, 3.8) is 0 Å². The summed E-state index contributed by atoms with van der Waals surface area (Å²) in [5.41, 5.74) is 0.166. The fourth-order valence-electron chi connectivity index (χ4n) is 1.70. The topological polar surface area (TPSA) is 54.0 Å². The van der Waals surface area contributed by atoms with Crippen LogP contribution in [0.1, 0.15) is 17.3 Å². The number of aromatic nitrogens is 1. The van der Waals surface area contributed by atoms with Gasteiger partial charge < -0.3 is 10.6 Å². The van der Waals surface area contributed by atoms with Crippen LogP contribution < -0.4 is 10.6 Å². The standard InChI is InChI=1S/C14H12BrF2N3O/c1-2-18-13-10(5-8(15)7-19-13)14(21)20-12-4-3-9(16)6-11(12)17/h3-7H,2H2,1H3,(H,18,19)(H,20,21). The third-order valence-corrected chi connectivity index (χ3v) is 3.06. The minimum absolute atomic E-state index is 0.0937. The molecule has 0 aliphatic rings. The summed E-state index contributed by atoms with van der Waals surface area (Å²) in [6, 6.07) is 4.52. The first kappa shape index (κ1) is 15.4. The van der Waals surface area contributed by atoms with Crippen molar-refractivity contribution < 1.29 is 13.6 Å². The van der Waals surface area contributed by atoms with Crippen LogP contribution in [0.5, 0.6) is 0 Å². The second-order valence-electron chi connectivity index (χ2n) is 4.16. The van der Waals surface area contributed by atoms with Crippen LogP contribution in [-0.4, -0.2) is 17.4 Å². The van der Waals surface area contributed by atoms with Gasteiger partial charge in [-0.1, -0.05) is 0 Å². The number of amides is 1. The van der Waals surface area contributed by atoms with Gasteiger partial charge in [0.25, 0.3) is 5.91 Å². The summed E-state index contributed by atoms with van der Waals surface area (Å²) in [6.45, 7) is 2.45. The van der Waals surface area contributed by atoms with Crippen LogP contribution >= 0.6 is 15.9 Å². The molecular formula is C14H12BrF2N3O. The molecule has 0 saturated heterocycles. The normalized spacial score (nSPS) is 10.3. The number of anilines is 2. The maximum absolute atomic E-state index is 13.6. The van der Waals surface area contributed by atoms with Crippen LogP contribution in [0.25, 0.3) is 0 Å². The Bertz CT molecular complexity index is 679. The van der Waals surface area contributed by atoms with Crippen LogP contribution in [0.2, 0.25) is 0 Å². The first-order chi connectivity index (χ1) is 10.0. The summed E-state index contributed by atoms with van der Waals surface area (Å²) in [5.74, 6) is -1.69. The zero-order valence-electron chi connectivity index (χ0n) is 11.1. The van der Waals surface area contributed by atoms with Gasteiger partial charge in [0.1, 0.15) is 17.5 Å². The van der Waals surface area contributed by atoms with Gasteiger partial charge in [-0.2, -0.15) is 0 Å². The molecule has 0 atom stereocenters. The van der Waals surface area contributed by atoms with E-state index in [1.165, 1.54) is 6.07 Å². The molecule has 0 saturated carbocycles. The lowest BCUT2D eigenvalue weighted by Crippen LogP contribution is -2.16. The summed E-state index contributed by atoms with van der Waals surface area (Å²) < 4.78 is 27.0. The zero-order chi connectivity index (χ0) is 15.4. The molecule has 0 aliphatic heterocycles. The van der Waals surface area contributed by atoms with E-state index in [-0.39, 0.29) is 11.3 Å². The van der Waals surface area contributed by atoms with Crippen LogP contribution in [0.15, 0.2) is 34.9 Å². The monoisotopic (exact) mass is 355 g/mol. The molecule has 0 aliphatic carbocycles. The number of pyridine rings is 1. The number of nitrogens with zero attached hydrogens (tertiary/aromatic N) is 1. The summed E-state index contributed by atoms with van der Waals surface area (Å²) in [6.07, 6.45) is 1.55. The van der Waals surface area contributed by atoms with Crippen molar-refractivity contribution in [2.45, 2.75) is 6.92 Å². The number of carbonyl (C=O) groups excluding carboxylic acids is 1. The Balaban J connectivity index is 2.29. The predicted octanol–water partition coefficient (Wildman–Crippen LogP) is 3.81. The van der Waals surface area contributed by atoms with Crippen molar-refractivity contribution >= 4 is 33.3 Å². The highest BCUT2D eigenvalue weighted by atomic mass is 79.9. The van der Waals surface area contributed by atoms with Crippen LogP contribution in [0.3, 0.4) is 0 Å². The van der Waals surface area contributed by atoms with Crippen molar-refractivity contribution in [3.8, 4) is 0 Å². The molecule has 2 rings (SSSR count). The lowest BCUT2D eigenvalue weighted by atomic mass is 10.2. The highest BCUT2D eigenvalue weighted by Crippen LogP contribution is 2.21. The Labute approximate surface area is 128 Å². The third-order valence-electron chi connectivity index (χ3n) is 2.62. The average molecular weight is 356 g/mol. The lowest BCUT2D eigenvalue weighted by molar-refractivity contribution is 0.102. The number of carbonyl (C=O) groups is 1. The molecule has 7 heteroatoms. The van der Waals surface area contributed by atoms with E-state index in [1.807, 2.05) is 6.92 Å². The van der Waals surface area contributed by atoms with Crippen LogP contribution in [0, 0.1) is 11.6 Å². The van der Waals surface area contributed by atoms with E-state index in [0.717, 1.165) is 6.07 Å². The molecular weight excluding hydrogens is 344 g/mol. The van der Waals surface area contributed by atoms with Gasteiger partial charge in [-0.15, -0.1) is 0 Å². The van der Waals surface area contributed by atoms with E-state index in [4.69, 9.17) is 0 Å². The van der Waals surface area contributed by atoms with Gasteiger partial charge in [0.15, 0.2) is 0 Å². The van der Waals surface area contributed by atoms with E-state index < -0.39 is 17.5 Å². The molecule has 21 heavy (non-hydrogen) atoms. The third kappa shape index (κ3) is 3.75. The molecule has 110 valence electrons. The molecule has 0 radical (unpaired) electrons. The molecule has 4 nitrogen and oxygen atoms in total. The number of hydrogen-bond donors (Lipinski definition) is 2. The number of nitrogens with one attached hydrogen (secondary N) is 2. The van der Waals surface area contributed by atoms with E-state index in [9.17, 15) is 13.6 Å². The van der Waals surface area contributed by atoms with Gasteiger partial charge in [0.2, 0.25) is 0 Å². The van der Waals surface area contributed by atoms with Crippen LogP contribution in [-0.2, 0) is 0 Å². The molecule has 1 amide bonds. The Morgan fingerprint density at radius 3 is 2.76 bits per heavy atom. The molecule has 1 heterocycles. The van der Waals surface area contributed by atoms with Gasteiger partial charge >= 0.3 is 0 Å². The smallest absolute Gasteiger partial charge is 0.259 e. The predicted molar refractivity (Wildman–Crippen MR) is 80.4 cm³/mol. The number of halogens is 3. The molecule has 1 aromatic heterocycles. The molecule has 0 unspecified atom stereocenters. The fraction of sp³-hybridized carbons (Fsp3) is 0.143. The highest BCUT2D eigenvalue weighted by Gasteiger charge is 2.15.